The number of aliphatic hydroxyl groups is 5. The smallest absolute Gasteiger partial charge is 0.366 e. The van der Waals surface area contributed by atoms with Crippen molar-refractivity contribution in [1.29, 1.82) is 0 Å². The van der Waals surface area contributed by atoms with Crippen molar-refractivity contribution in [1.82, 2.24) is 5.32 Å². The van der Waals surface area contributed by atoms with Gasteiger partial charge in [0, 0.05) is 6.42 Å². The predicted molar refractivity (Wildman–Crippen MR) is 77.2 cm³/mol. The molecule has 0 aliphatic carbocycles. The molecule has 0 aromatic rings. The van der Waals surface area contributed by atoms with Crippen molar-refractivity contribution in [2.75, 3.05) is 19.8 Å². The summed E-state index contributed by atoms with van der Waals surface area (Å²) in [4.78, 5) is 23.3. The maximum Gasteiger partial charge on any atom is 0.366 e. The van der Waals surface area contributed by atoms with Crippen LogP contribution in [0.1, 0.15) is 13.3 Å². The first-order valence-corrected chi connectivity index (χ1v) is 7.42. The summed E-state index contributed by atoms with van der Waals surface area (Å²) in [6.45, 7) is 0.149. The minimum atomic E-state index is -2.58. The zero-order valence-corrected chi connectivity index (χ0v) is 13.2. The molecule has 0 spiro atoms. The first-order valence-electron chi connectivity index (χ1n) is 7.42. The van der Waals surface area contributed by atoms with E-state index < -0.39 is 67.7 Å². The molecule has 8 N–H and O–H groups in total. The first-order chi connectivity index (χ1) is 11.2. The Balaban J connectivity index is 3.09. The molecule has 1 heterocycles. The van der Waals surface area contributed by atoms with E-state index in [4.69, 9.17) is 15.6 Å². The van der Waals surface area contributed by atoms with Crippen molar-refractivity contribution in [2.24, 2.45) is 5.73 Å². The number of amides is 1. The molecule has 140 valence electrons. The SMILES string of the molecule is CCOC(=O)[C@]1(O)C[C@H](O)[C@@H](NC(=O)CN)[C@H]([C@H](O)[C@H](O)CO)O1. The van der Waals surface area contributed by atoms with Crippen LogP contribution in [0.4, 0.5) is 0 Å². The molecule has 1 aliphatic rings. The zero-order chi connectivity index (χ0) is 18.5. The van der Waals surface area contributed by atoms with Gasteiger partial charge in [-0.25, -0.2) is 4.79 Å². The lowest BCUT2D eigenvalue weighted by Crippen LogP contribution is -2.67. The summed E-state index contributed by atoms with van der Waals surface area (Å²) in [5.74, 6) is -4.47. The summed E-state index contributed by atoms with van der Waals surface area (Å²) in [5, 5.41) is 51.3. The predicted octanol–water partition coefficient (Wildman–Crippen LogP) is -4.45. The number of rotatable bonds is 7. The second kappa shape index (κ2) is 8.67. The normalized spacial score (nSPS) is 32.7. The topological polar surface area (TPSA) is 192 Å². The van der Waals surface area contributed by atoms with E-state index >= 15 is 0 Å². The van der Waals surface area contributed by atoms with Crippen LogP contribution in [-0.4, -0.2) is 93.4 Å². The van der Waals surface area contributed by atoms with Crippen molar-refractivity contribution >= 4 is 11.9 Å². The summed E-state index contributed by atoms with van der Waals surface area (Å²) in [5.41, 5.74) is 5.17. The number of esters is 1. The van der Waals surface area contributed by atoms with E-state index in [0.29, 0.717) is 0 Å². The molecule has 0 bridgehead atoms. The Kier molecular flexibility index (Phi) is 7.48. The van der Waals surface area contributed by atoms with E-state index in [0.717, 1.165) is 0 Å². The summed E-state index contributed by atoms with van der Waals surface area (Å²) < 4.78 is 9.80. The fourth-order valence-corrected chi connectivity index (χ4v) is 2.38. The second-order valence-corrected chi connectivity index (χ2v) is 5.40. The van der Waals surface area contributed by atoms with Crippen molar-refractivity contribution in [3.8, 4) is 0 Å². The largest absolute Gasteiger partial charge is 0.462 e. The lowest BCUT2D eigenvalue weighted by atomic mass is 9.88. The Morgan fingerprint density at radius 2 is 2.08 bits per heavy atom. The molecule has 11 nitrogen and oxygen atoms in total. The molecule has 0 aromatic heterocycles. The van der Waals surface area contributed by atoms with Crippen LogP contribution in [0.3, 0.4) is 0 Å². The molecule has 1 fully saturated rings. The Morgan fingerprint density at radius 3 is 2.58 bits per heavy atom. The van der Waals surface area contributed by atoms with Gasteiger partial charge in [0.25, 0.3) is 5.79 Å². The van der Waals surface area contributed by atoms with Crippen molar-refractivity contribution < 1.29 is 44.6 Å². The monoisotopic (exact) mass is 352 g/mol. The van der Waals surface area contributed by atoms with Gasteiger partial charge in [-0.2, -0.15) is 0 Å². The number of hydrogen-bond donors (Lipinski definition) is 7. The Bertz CT molecular complexity index is 449. The summed E-state index contributed by atoms with van der Waals surface area (Å²) in [7, 11) is 0. The molecule has 0 aromatic carbocycles. The average molecular weight is 352 g/mol. The van der Waals surface area contributed by atoms with Gasteiger partial charge in [0.15, 0.2) is 0 Å². The van der Waals surface area contributed by atoms with Crippen molar-refractivity contribution in [2.45, 2.75) is 49.6 Å². The van der Waals surface area contributed by atoms with Gasteiger partial charge in [-0.15, -0.1) is 0 Å². The molecular formula is C13H24N2O9. The second-order valence-electron chi connectivity index (χ2n) is 5.40. The van der Waals surface area contributed by atoms with E-state index in [2.05, 4.69) is 10.1 Å². The molecule has 1 rings (SSSR count). The number of nitrogens with two attached hydrogens (primary N) is 1. The van der Waals surface area contributed by atoms with Gasteiger partial charge in [-0.3, -0.25) is 4.79 Å². The molecule has 6 atom stereocenters. The Labute approximate surface area is 138 Å². The van der Waals surface area contributed by atoms with E-state index in [1.807, 2.05) is 0 Å². The zero-order valence-electron chi connectivity index (χ0n) is 13.2. The van der Waals surface area contributed by atoms with E-state index in [9.17, 15) is 30.0 Å². The van der Waals surface area contributed by atoms with Crippen LogP contribution in [0.25, 0.3) is 0 Å². The molecule has 24 heavy (non-hydrogen) atoms. The van der Waals surface area contributed by atoms with Crippen LogP contribution in [0.15, 0.2) is 0 Å². The highest BCUT2D eigenvalue weighted by Gasteiger charge is 2.54. The highest BCUT2D eigenvalue weighted by atomic mass is 16.7. The fourth-order valence-electron chi connectivity index (χ4n) is 2.38. The molecule has 0 radical (unpaired) electrons. The van der Waals surface area contributed by atoms with Gasteiger partial charge in [0.2, 0.25) is 5.91 Å². The fraction of sp³-hybridized carbons (Fsp3) is 0.846. The van der Waals surface area contributed by atoms with Crippen LogP contribution in [-0.2, 0) is 19.1 Å². The van der Waals surface area contributed by atoms with Crippen LogP contribution in [0, 0.1) is 0 Å². The van der Waals surface area contributed by atoms with Crippen molar-refractivity contribution in [3.63, 3.8) is 0 Å². The standard InChI is InChI=1S/C13H24N2O9/c1-2-23-12(21)13(22)3-6(17)9(15-8(19)4-14)11(24-13)10(20)7(18)5-16/h6-7,9-11,16-18,20,22H,2-5,14H2,1H3,(H,15,19)/t6-,7+,9+,10+,11+,13-/m0/s1. The number of hydrogen-bond acceptors (Lipinski definition) is 10. The maximum absolute atomic E-state index is 11.8. The summed E-state index contributed by atoms with van der Waals surface area (Å²) in [6.07, 6.45) is -7.30. The number of aliphatic hydroxyl groups excluding tert-OH is 4. The summed E-state index contributed by atoms with van der Waals surface area (Å²) in [6, 6.07) is -1.29. The molecule has 0 saturated carbocycles. The number of carbonyl (C=O) groups is 2. The molecular weight excluding hydrogens is 328 g/mol. The number of nitrogens with one attached hydrogen (secondary N) is 1. The quantitative estimate of drug-likeness (QED) is 0.220. The van der Waals surface area contributed by atoms with Crippen molar-refractivity contribution in [3.05, 3.63) is 0 Å². The minimum absolute atomic E-state index is 0.0690. The maximum atomic E-state index is 11.8. The molecule has 1 aliphatic heterocycles. The summed E-state index contributed by atoms with van der Waals surface area (Å²) >= 11 is 0. The molecule has 1 saturated heterocycles. The highest BCUT2D eigenvalue weighted by molar-refractivity contribution is 5.79. The third-order valence-corrected chi connectivity index (χ3v) is 3.61. The van der Waals surface area contributed by atoms with Gasteiger partial charge in [-0.1, -0.05) is 0 Å². The third kappa shape index (κ3) is 4.60. The van der Waals surface area contributed by atoms with Gasteiger partial charge in [0.05, 0.1) is 31.9 Å². The lowest BCUT2D eigenvalue weighted by Gasteiger charge is -2.45. The highest BCUT2D eigenvalue weighted by Crippen LogP contribution is 2.31. The lowest BCUT2D eigenvalue weighted by molar-refractivity contribution is -0.297. The average Bonchev–Trinajstić information content (AvgIpc) is 2.55. The first kappa shape index (κ1) is 20.7. The van der Waals surface area contributed by atoms with E-state index in [1.165, 1.54) is 6.92 Å². The number of carbonyl (C=O) groups excluding carboxylic acids is 2. The van der Waals surface area contributed by atoms with Gasteiger partial charge in [-0.05, 0) is 6.92 Å². The Morgan fingerprint density at radius 1 is 1.46 bits per heavy atom. The van der Waals surface area contributed by atoms with Gasteiger partial charge < -0.3 is 46.1 Å². The molecule has 1 amide bonds. The molecule has 0 unspecified atom stereocenters. The third-order valence-electron chi connectivity index (χ3n) is 3.61. The van der Waals surface area contributed by atoms with E-state index in [1.54, 1.807) is 0 Å². The Hall–Kier alpha value is -1.34. The van der Waals surface area contributed by atoms with Gasteiger partial charge >= 0.3 is 5.97 Å². The van der Waals surface area contributed by atoms with Crippen LogP contribution < -0.4 is 11.1 Å². The minimum Gasteiger partial charge on any atom is -0.462 e. The van der Waals surface area contributed by atoms with Gasteiger partial charge in [0.1, 0.15) is 18.3 Å². The van der Waals surface area contributed by atoms with Crippen LogP contribution in [0.2, 0.25) is 0 Å². The van der Waals surface area contributed by atoms with Crippen LogP contribution in [0.5, 0.6) is 0 Å². The molecule has 11 heteroatoms. The van der Waals surface area contributed by atoms with Crippen LogP contribution >= 0.6 is 0 Å². The van der Waals surface area contributed by atoms with E-state index in [-0.39, 0.29) is 6.61 Å². The number of ether oxygens (including phenoxy) is 2.